The molecule has 0 amide bonds. The SMILES string of the molecule is COC(=O)c1ccc(S(=O)(=O)N2CC(O)(C3CC3)C2)cc1. The zero-order chi connectivity index (χ0) is 15.3. The van der Waals surface area contributed by atoms with E-state index < -0.39 is 21.6 Å². The highest BCUT2D eigenvalue weighted by molar-refractivity contribution is 7.89. The van der Waals surface area contributed by atoms with Crippen LogP contribution in [0.25, 0.3) is 0 Å². The van der Waals surface area contributed by atoms with Crippen LogP contribution in [0.1, 0.15) is 23.2 Å². The first-order valence-corrected chi connectivity index (χ1v) is 8.22. The maximum atomic E-state index is 12.4. The van der Waals surface area contributed by atoms with Crippen LogP contribution in [0.2, 0.25) is 0 Å². The van der Waals surface area contributed by atoms with E-state index in [0.29, 0.717) is 5.56 Å². The lowest BCUT2D eigenvalue weighted by Crippen LogP contribution is -2.64. The molecule has 1 aliphatic heterocycles. The first kappa shape index (κ1) is 14.5. The van der Waals surface area contributed by atoms with E-state index in [1.165, 1.54) is 35.7 Å². The van der Waals surface area contributed by atoms with Gasteiger partial charge in [0.15, 0.2) is 0 Å². The van der Waals surface area contributed by atoms with Crippen molar-refractivity contribution < 1.29 is 23.1 Å². The molecule has 0 unspecified atom stereocenters. The average Bonchev–Trinajstić information content (AvgIpc) is 3.28. The average molecular weight is 311 g/mol. The molecule has 1 heterocycles. The third-order valence-electron chi connectivity index (χ3n) is 4.15. The van der Waals surface area contributed by atoms with Gasteiger partial charge < -0.3 is 9.84 Å². The van der Waals surface area contributed by atoms with Gasteiger partial charge in [-0.3, -0.25) is 0 Å². The van der Waals surface area contributed by atoms with Crippen LogP contribution in [0, 0.1) is 5.92 Å². The Bertz CT molecular complexity index is 657. The monoisotopic (exact) mass is 311 g/mol. The number of methoxy groups -OCH3 is 1. The number of benzene rings is 1. The summed E-state index contributed by atoms with van der Waals surface area (Å²) in [5, 5.41) is 10.2. The summed E-state index contributed by atoms with van der Waals surface area (Å²) in [6.07, 6.45) is 1.94. The zero-order valence-electron chi connectivity index (χ0n) is 11.7. The third-order valence-corrected chi connectivity index (χ3v) is 5.96. The van der Waals surface area contributed by atoms with Gasteiger partial charge in [-0.1, -0.05) is 0 Å². The lowest BCUT2D eigenvalue weighted by Gasteiger charge is -2.45. The van der Waals surface area contributed by atoms with Crippen LogP contribution in [-0.2, 0) is 14.8 Å². The fraction of sp³-hybridized carbons (Fsp3) is 0.500. The van der Waals surface area contributed by atoms with Crippen molar-refractivity contribution in [1.82, 2.24) is 4.31 Å². The van der Waals surface area contributed by atoms with Crippen molar-refractivity contribution in [3.05, 3.63) is 29.8 Å². The minimum absolute atomic E-state index is 0.119. The first-order valence-electron chi connectivity index (χ1n) is 6.78. The molecule has 2 aliphatic rings. The Morgan fingerprint density at radius 1 is 1.29 bits per heavy atom. The largest absolute Gasteiger partial charge is 0.465 e. The smallest absolute Gasteiger partial charge is 0.337 e. The van der Waals surface area contributed by atoms with Crippen LogP contribution in [0.5, 0.6) is 0 Å². The maximum Gasteiger partial charge on any atom is 0.337 e. The van der Waals surface area contributed by atoms with E-state index in [4.69, 9.17) is 0 Å². The van der Waals surface area contributed by atoms with E-state index in [2.05, 4.69) is 4.74 Å². The maximum absolute atomic E-state index is 12.4. The minimum atomic E-state index is -3.61. The molecule has 0 aromatic heterocycles. The van der Waals surface area contributed by atoms with E-state index in [-0.39, 0.29) is 23.9 Å². The van der Waals surface area contributed by atoms with Crippen LogP contribution in [-0.4, -0.2) is 49.6 Å². The molecular weight excluding hydrogens is 294 g/mol. The number of esters is 1. The van der Waals surface area contributed by atoms with Gasteiger partial charge in [-0.05, 0) is 43.0 Å². The quantitative estimate of drug-likeness (QED) is 0.824. The molecule has 1 saturated carbocycles. The zero-order valence-corrected chi connectivity index (χ0v) is 12.5. The molecule has 1 aliphatic carbocycles. The van der Waals surface area contributed by atoms with Gasteiger partial charge >= 0.3 is 5.97 Å². The molecule has 0 bridgehead atoms. The highest BCUT2D eigenvalue weighted by Gasteiger charge is 2.55. The Morgan fingerprint density at radius 2 is 1.86 bits per heavy atom. The highest BCUT2D eigenvalue weighted by Crippen LogP contribution is 2.45. The predicted octanol–water partition coefficient (Wildman–Crippen LogP) is 0.619. The fourth-order valence-electron chi connectivity index (χ4n) is 2.64. The van der Waals surface area contributed by atoms with Crippen molar-refractivity contribution in [3.63, 3.8) is 0 Å². The molecule has 114 valence electrons. The van der Waals surface area contributed by atoms with Crippen molar-refractivity contribution in [2.45, 2.75) is 23.3 Å². The van der Waals surface area contributed by atoms with Crippen molar-refractivity contribution in [2.75, 3.05) is 20.2 Å². The van der Waals surface area contributed by atoms with Crippen LogP contribution < -0.4 is 0 Å². The number of carbonyl (C=O) groups excluding carboxylic acids is 1. The van der Waals surface area contributed by atoms with Gasteiger partial charge in [0.1, 0.15) is 0 Å². The summed E-state index contributed by atoms with van der Waals surface area (Å²) in [6.45, 7) is 0.303. The molecule has 1 aromatic carbocycles. The topological polar surface area (TPSA) is 83.9 Å². The normalized spacial score (nSPS) is 21.6. The summed E-state index contributed by atoms with van der Waals surface area (Å²) in [5.41, 5.74) is -0.548. The summed E-state index contributed by atoms with van der Waals surface area (Å²) in [7, 11) is -2.34. The minimum Gasteiger partial charge on any atom is -0.465 e. The lowest BCUT2D eigenvalue weighted by molar-refractivity contribution is -0.0764. The molecule has 7 heteroatoms. The Labute approximate surface area is 123 Å². The van der Waals surface area contributed by atoms with Gasteiger partial charge in [0, 0.05) is 13.1 Å². The molecule has 0 radical (unpaired) electrons. The summed E-state index contributed by atoms with van der Waals surface area (Å²) in [5.74, 6) is -0.267. The van der Waals surface area contributed by atoms with Gasteiger partial charge in [0.2, 0.25) is 10.0 Å². The van der Waals surface area contributed by atoms with Gasteiger partial charge in [0.25, 0.3) is 0 Å². The van der Waals surface area contributed by atoms with E-state index in [1.807, 2.05) is 0 Å². The third kappa shape index (κ3) is 2.45. The molecule has 1 aromatic rings. The van der Waals surface area contributed by atoms with Gasteiger partial charge in [-0.2, -0.15) is 4.31 Å². The number of rotatable bonds is 4. The number of β-amino-alcohol motifs (C(OH)–C–C–N with tert-alkyl or cyclic N) is 1. The van der Waals surface area contributed by atoms with Crippen molar-refractivity contribution in [3.8, 4) is 0 Å². The van der Waals surface area contributed by atoms with E-state index in [0.717, 1.165) is 12.8 Å². The van der Waals surface area contributed by atoms with Crippen molar-refractivity contribution in [1.29, 1.82) is 0 Å². The molecule has 0 spiro atoms. The molecular formula is C14H17NO5S. The van der Waals surface area contributed by atoms with Gasteiger partial charge in [0.05, 0.1) is 23.2 Å². The number of hydrogen-bond donors (Lipinski definition) is 1. The number of hydrogen-bond acceptors (Lipinski definition) is 5. The Hall–Kier alpha value is -1.44. The number of carbonyl (C=O) groups is 1. The predicted molar refractivity (Wildman–Crippen MR) is 74.2 cm³/mol. The molecule has 0 atom stereocenters. The number of aliphatic hydroxyl groups is 1. The Balaban J connectivity index is 1.75. The van der Waals surface area contributed by atoms with Crippen LogP contribution in [0.15, 0.2) is 29.2 Å². The van der Waals surface area contributed by atoms with Gasteiger partial charge in [-0.25, -0.2) is 13.2 Å². The van der Waals surface area contributed by atoms with E-state index in [9.17, 15) is 18.3 Å². The standard InChI is InChI=1S/C14H17NO5S/c1-20-13(16)10-2-6-12(7-3-10)21(18,19)15-8-14(17,9-15)11-4-5-11/h2-3,6-7,11,17H,4-5,8-9H2,1H3. The Morgan fingerprint density at radius 3 is 2.33 bits per heavy atom. The summed E-state index contributed by atoms with van der Waals surface area (Å²) < 4.78 is 30.6. The van der Waals surface area contributed by atoms with Crippen LogP contribution >= 0.6 is 0 Å². The lowest BCUT2D eigenvalue weighted by atomic mass is 9.91. The van der Waals surface area contributed by atoms with Crippen LogP contribution in [0.3, 0.4) is 0 Å². The van der Waals surface area contributed by atoms with E-state index >= 15 is 0 Å². The second-order valence-electron chi connectivity index (χ2n) is 5.67. The first-order chi connectivity index (χ1) is 9.87. The molecule has 1 N–H and O–H groups in total. The fourth-order valence-corrected chi connectivity index (χ4v) is 4.21. The highest BCUT2D eigenvalue weighted by atomic mass is 32.2. The molecule has 3 rings (SSSR count). The molecule has 21 heavy (non-hydrogen) atoms. The summed E-state index contributed by atoms with van der Waals surface area (Å²) in [6, 6.07) is 5.61. The van der Waals surface area contributed by atoms with Crippen molar-refractivity contribution in [2.24, 2.45) is 5.92 Å². The van der Waals surface area contributed by atoms with Gasteiger partial charge in [-0.15, -0.1) is 0 Å². The summed E-state index contributed by atoms with van der Waals surface area (Å²) in [4.78, 5) is 11.4. The Kier molecular flexibility index (Phi) is 3.31. The molecule has 6 nitrogen and oxygen atoms in total. The number of nitrogens with zero attached hydrogens (tertiary/aromatic N) is 1. The number of ether oxygens (including phenoxy) is 1. The second kappa shape index (κ2) is 4.79. The van der Waals surface area contributed by atoms with Crippen LogP contribution in [0.4, 0.5) is 0 Å². The second-order valence-corrected chi connectivity index (χ2v) is 7.60. The molecule has 2 fully saturated rings. The van der Waals surface area contributed by atoms with E-state index in [1.54, 1.807) is 0 Å². The molecule has 1 saturated heterocycles. The summed E-state index contributed by atoms with van der Waals surface area (Å²) >= 11 is 0. The number of sulfonamides is 1. The van der Waals surface area contributed by atoms with Crippen molar-refractivity contribution >= 4 is 16.0 Å².